The number of allylic oxidation sites excluding steroid dienone is 4. The number of rotatable bonds is 36. The van der Waals surface area contributed by atoms with Crippen LogP contribution in [0.4, 0.5) is 11.4 Å². The highest BCUT2D eigenvalue weighted by molar-refractivity contribution is 7.86. The highest BCUT2D eigenvalue weighted by Gasteiger charge is 2.49. The van der Waals surface area contributed by atoms with Crippen molar-refractivity contribution in [2.24, 2.45) is 0 Å². The molecule has 0 saturated carbocycles. The number of nitrogens with zero attached hydrogens (tertiary/aromatic N) is 4. The summed E-state index contributed by atoms with van der Waals surface area (Å²) in [5.41, 5.74) is 3.76. The van der Waals surface area contributed by atoms with Gasteiger partial charge in [0.2, 0.25) is 5.69 Å². The molecule has 0 spiro atoms. The third-order valence-corrected chi connectivity index (χ3v) is 22.3. The van der Waals surface area contributed by atoms with Gasteiger partial charge in [-0.05, 0) is 141 Å². The summed E-state index contributed by atoms with van der Waals surface area (Å²) in [7, 11) is -18.1. The predicted molar refractivity (Wildman–Crippen MR) is 377 cm³/mol. The van der Waals surface area contributed by atoms with E-state index in [1.54, 1.807) is 6.07 Å². The normalized spacial score (nSPS) is 16.9. The number of hydrogen-bond acceptors (Lipinski definition) is 19. The van der Waals surface area contributed by atoms with Gasteiger partial charge in [-0.1, -0.05) is 52.5 Å². The highest BCUT2D eigenvalue weighted by Crippen LogP contribution is 2.56. The molecule has 0 fully saturated rings. The van der Waals surface area contributed by atoms with Crippen LogP contribution in [-0.4, -0.2) is 169 Å². The summed E-state index contributed by atoms with van der Waals surface area (Å²) in [5.74, 6) is -6.67. The number of unbranched alkanes of at least 4 members (excludes halogenated alkanes) is 4. The van der Waals surface area contributed by atoms with Gasteiger partial charge in [0.05, 0.1) is 43.9 Å². The van der Waals surface area contributed by atoms with E-state index in [9.17, 15) is 75.9 Å². The number of aromatic nitrogens is 2. The molecule has 98 heavy (non-hydrogen) atoms. The molecular weight excluding hydrogens is 1390 g/mol. The third kappa shape index (κ3) is 18.9. The van der Waals surface area contributed by atoms with E-state index in [1.807, 2.05) is 85.5 Å². The zero-order valence-electron chi connectivity index (χ0n) is 55.0. The first-order valence-electron chi connectivity index (χ1n) is 32.3. The van der Waals surface area contributed by atoms with Crippen LogP contribution in [0.3, 0.4) is 0 Å². The maximum absolute atomic E-state index is 14.0. The van der Waals surface area contributed by atoms with Crippen molar-refractivity contribution in [3.63, 3.8) is 0 Å². The van der Waals surface area contributed by atoms with Crippen LogP contribution in [0.1, 0.15) is 171 Å². The van der Waals surface area contributed by atoms with Crippen LogP contribution < -0.4 is 26.2 Å². The fourth-order valence-electron chi connectivity index (χ4n) is 12.9. The van der Waals surface area contributed by atoms with E-state index < -0.39 is 117 Å². The Hall–Kier alpha value is -7.40. The van der Waals surface area contributed by atoms with Crippen molar-refractivity contribution >= 4 is 130 Å². The summed E-state index contributed by atoms with van der Waals surface area (Å²) in [6.07, 6.45) is 11.3. The quantitative estimate of drug-likeness (QED) is 0.0103. The minimum absolute atomic E-state index is 0.0179. The van der Waals surface area contributed by atoms with Gasteiger partial charge >= 0.3 is 5.97 Å². The maximum atomic E-state index is 14.0. The molecule has 8 N–H and O–H groups in total. The van der Waals surface area contributed by atoms with Gasteiger partial charge in [-0.15, -0.1) is 22.7 Å². The molecule has 0 radical (unpaired) electrons. The van der Waals surface area contributed by atoms with E-state index >= 15 is 0 Å². The maximum Gasteiger partial charge on any atom is 0.303 e. The Morgan fingerprint density at radius 2 is 1.08 bits per heavy atom. The number of carboxylic acid groups (broad SMARTS) is 1. The second-order valence-corrected chi connectivity index (χ2v) is 32.8. The van der Waals surface area contributed by atoms with E-state index in [0.29, 0.717) is 80.3 Å². The molecule has 2 unspecified atom stereocenters. The average molecular weight is 1470 g/mol. The van der Waals surface area contributed by atoms with Crippen molar-refractivity contribution in [2.75, 3.05) is 67.2 Å². The summed E-state index contributed by atoms with van der Waals surface area (Å²) < 4.78 is 141. The van der Waals surface area contributed by atoms with Gasteiger partial charge in [-0.3, -0.25) is 37.6 Å². The molecule has 530 valence electrons. The Bertz CT molecular complexity index is 4620. The van der Waals surface area contributed by atoms with Crippen LogP contribution in [0.2, 0.25) is 0 Å². The fraction of sp³-hybridized carbons (Fsp3) is 0.455. The molecule has 0 bridgehead atoms. The summed E-state index contributed by atoms with van der Waals surface area (Å²) in [6, 6.07) is 13.8. The number of carbonyl (C=O) groups is 5. The van der Waals surface area contributed by atoms with Crippen molar-refractivity contribution in [1.29, 1.82) is 0 Å². The molecule has 2 aliphatic rings. The van der Waals surface area contributed by atoms with Crippen LogP contribution >= 0.6 is 22.7 Å². The molecule has 2 aromatic carbocycles. The molecule has 2 aliphatic heterocycles. The summed E-state index contributed by atoms with van der Waals surface area (Å²) in [5, 5.41) is 25.0. The number of benzene rings is 2. The molecule has 26 nitrogen and oxygen atoms in total. The number of hydrogen-bond donors (Lipinski definition) is 8. The summed E-state index contributed by atoms with van der Waals surface area (Å²) in [6.45, 7) is 10.1. The number of carboxylic acids is 1. The Kier molecular flexibility index (Phi) is 25.2. The van der Waals surface area contributed by atoms with Gasteiger partial charge in [0, 0.05) is 100.0 Å². The van der Waals surface area contributed by atoms with Crippen molar-refractivity contribution in [3.8, 4) is 22.3 Å². The van der Waals surface area contributed by atoms with Crippen molar-refractivity contribution < 1.29 is 85.5 Å². The minimum Gasteiger partial charge on any atom is -0.748 e. The topological polar surface area (TPSA) is 406 Å². The van der Waals surface area contributed by atoms with Gasteiger partial charge < -0.3 is 35.8 Å². The lowest BCUT2D eigenvalue weighted by atomic mass is 9.74. The largest absolute Gasteiger partial charge is 0.748 e. The van der Waals surface area contributed by atoms with E-state index in [4.69, 9.17) is 5.11 Å². The van der Waals surface area contributed by atoms with Crippen molar-refractivity contribution in [1.82, 2.24) is 31.2 Å². The number of aliphatic carboxylic acids is 1. The first kappa shape index (κ1) is 76.4. The molecule has 4 aromatic heterocycles. The van der Waals surface area contributed by atoms with Crippen molar-refractivity contribution in [3.05, 3.63) is 117 Å². The number of thiophene rings is 2. The van der Waals surface area contributed by atoms with E-state index in [2.05, 4.69) is 43.1 Å². The third-order valence-electron chi connectivity index (χ3n) is 17.3. The molecule has 0 aliphatic carbocycles. The Morgan fingerprint density at radius 1 is 0.582 bits per heavy atom. The second-order valence-electron chi connectivity index (χ2n) is 24.7. The Morgan fingerprint density at radius 3 is 1.57 bits per heavy atom. The van der Waals surface area contributed by atoms with Crippen LogP contribution in [-0.2, 0) is 56.1 Å². The fourth-order valence-corrected chi connectivity index (χ4v) is 16.4. The van der Waals surface area contributed by atoms with Crippen LogP contribution in [0.15, 0.2) is 83.2 Å². The molecule has 0 saturated heterocycles. The SMILES string of the molecule is CCCCCNC(=O)c1cc(-c2cc3c(c4ccsc24)[N+](CCCS(=O)(=O)[O-])=C(/C=C/C=C2/N(CCC)c4c(cc(-c5cc(C(=O)NCCCCCC(=O)O)nc(C(=O)NCCS(=O)(=O)O)c5)c5sccc45)C2(C)CCCS(=O)(=O)O)C3(C)CCC)cc(C(=O)NCCS(=O)(=O)O)n1. The van der Waals surface area contributed by atoms with Gasteiger partial charge in [0.15, 0.2) is 5.71 Å². The number of amides is 4. The smallest absolute Gasteiger partial charge is 0.303 e. The molecular formula is C66H82N8O18S6. The first-order chi connectivity index (χ1) is 46.2. The zero-order chi connectivity index (χ0) is 71.5. The molecule has 32 heteroatoms. The number of nitrogens with one attached hydrogen (secondary N) is 4. The number of carbonyl (C=O) groups excluding carboxylic acids is 4. The second kappa shape index (κ2) is 32.3. The lowest BCUT2D eigenvalue weighted by Gasteiger charge is -2.30. The molecule has 6 aromatic rings. The lowest BCUT2D eigenvalue weighted by Crippen LogP contribution is -2.32. The van der Waals surface area contributed by atoms with Gasteiger partial charge in [0.1, 0.15) is 29.3 Å². The standard InChI is InChI=1S/C66H82N8O18S6/c1-6-9-12-24-67-61(77)50-36-42(38-52(71-50)63(79)69-26-34-97(87,88)89)46-40-48-58(45-21-31-94-60(45)46)74(29-16-33-96(84,85)86)54(65(48,4)22-7-2)17-14-18-55-66(5,23-15-32-95(81,82)83)49-41-47(59-44(20-30-93-59)57(49)73(55)28-8-3)43-37-51(62(78)68-25-13-10-11-19-56(75)76)72-53(39-43)64(80)70-27-35-98(90,91)92/h14,17-18,20-21,30-31,36-41H,6-13,15-16,19,22-29,32-35H2,1-5H3,(H8-,67,68,69,70,75,76,77,78,79,80,81,82,83,84,85,86,87,88,89,90,91,92). The Labute approximate surface area is 578 Å². The number of pyridine rings is 2. The summed E-state index contributed by atoms with van der Waals surface area (Å²) in [4.78, 5) is 77.6. The first-order valence-corrected chi connectivity index (χ1v) is 40.5. The minimum atomic E-state index is -4.69. The zero-order valence-corrected chi connectivity index (χ0v) is 59.9. The molecule has 8 rings (SSSR count). The predicted octanol–water partition coefficient (Wildman–Crippen LogP) is 9.16. The number of fused-ring (bicyclic) bond motifs is 6. The van der Waals surface area contributed by atoms with E-state index in [0.717, 1.165) is 66.9 Å². The Balaban J connectivity index is 1.30. The molecule has 4 amide bonds. The monoisotopic (exact) mass is 1470 g/mol. The number of anilines is 1. The van der Waals surface area contributed by atoms with E-state index in [-0.39, 0.29) is 61.5 Å². The summed E-state index contributed by atoms with van der Waals surface area (Å²) >= 11 is 2.76. The van der Waals surface area contributed by atoms with Crippen molar-refractivity contribution in [2.45, 2.75) is 129 Å². The van der Waals surface area contributed by atoms with E-state index in [1.165, 1.54) is 40.9 Å². The van der Waals surface area contributed by atoms with Crippen LogP contribution in [0, 0.1) is 0 Å². The highest BCUT2D eigenvalue weighted by atomic mass is 32.2. The van der Waals surface area contributed by atoms with Gasteiger partial charge in [0.25, 0.3) is 54.0 Å². The lowest BCUT2D eigenvalue weighted by molar-refractivity contribution is -0.435. The average Bonchev–Trinajstić information content (AvgIpc) is 1.56. The molecule has 2 atom stereocenters. The van der Waals surface area contributed by atoms with Crippen LogP contribution in [0.25, 0.3) is 42.4 Å². The van der Waals surface area contributed by atoms with Gasteiger partial charge in [-0.2, -0.15) is 29.8 Å². The van der Waals surface area contributed by atoms with Gasteiger partial charge in [-0.25, -0.2) is 18.4 Å². The van der Waals surface area contributed by atoms with Crippen LogP contribution in [0.5, 0.6) is 0 Å². The molecule has 6 heterocycles.